The van der Waals surface area contributed by atoms with E-state index in [2.05, 4.69) is 30.2 Å². The molecular formula is C28H43N3O6. The van der Waals surface area contributed by atoms with Gasteiger partial charge in [-0.05, 0) is 45.1 Å². The first-order valence-corrected chi connectivity index (χ1v) is 13.3. The van der Waals surface area contributed by atoms with Crippen LogP contribution in [0.1, 0.15) is 66.7 Å². The molecule has 3 saturated heterocycles. The molecule has 9 heteroatoms. The zero-order valence-corrected chi connectivity index (χ0v) is 22.7. The first-order valence-electron chi connectivity index (χ1n) is 13.3. The quantitative estimate of drug-likeness (QED) is 0.141. The highest BCUT2D eigenvalue weighted by atomic mass is 16.6. The summed E-state index contributed by atoms with van der Waals surface area (Å²) in [5.41, 5.74) is 6.29. The lowest BCUT2D eigenvalue weighted by molar-refractivity contribution is -0.133. The van der Waals surface area contributed by atoms with Gasteiger partial charge in [-0.1, -0.05) is 43.7 Å². The number of carbonyl (C=O) groups is 2. The minimum atomic E-state index is -0.644. The molecule has 0 aromatic heterocycles. The molecule has 9 nitrogen and oxygen atoms in total. The lowest BCUT2D eigenvalue weighted by atomic mass is 9.87. The summed E-state index contributed by atoms with van der Waals surface area (Å²) in [6, 6.07) is -0.0926. The Hall–Kier alpha value is -2.33. The first-order chi connectivity index (χ1) is 17.5. The molecular weight excluding hydrogens is 474 g/mol. The van der Waals surface area contributed by atoms with Crippen molar-refractivity contribution < 1.29 is 28.9 Å². The van der Waals surface area contributed by atoms with Crippen LogP contribution in [0.3, 0.4) is 0 Å². The fourth-order valence-electron chi connectivity index (χ4n) is 5.02. The van der Waals surface area contributed by atoms with Crippen molar-refractivity contribution >= 4 is 17.6 Å². The first kappa shape index (κ1) is 29.2. The van der Waals surface area contributed by atoms with Crippen LogP contribution in [0, 0.1) is 5.92 Å². The van der Waals surface area contributed by atoms with E-state index in [1.807, 2.05) is 26.0 Å². The number of rotatable bonds is 9. The van der Waals surface area contributed by atoms with Crippen molar-refractivity contribution in [3.63, 3.8) is 0 Å². The zero-order valence-electron chi connectivity index (χ0n) is 22.7. The van der Waals surface area contributed by atoms with E-state index >= 15 is 0 Å². The van der Waals surface area contributed by atoms with Crippen molar-refractivity contribution in [2.45, 2.75) is 109 Å². The normalized spacial score (nSPS) is 36.9. The van der Waals surface area contributed by atoms with Gasteiger partial charge in [-0.3, -0.25) is 9.59 Å². The van der Waals surface area contributed by atoms with Crippen molar-refractivity contribution in [3.05, 3.63) is 36.0 Å². The number of aliphatic hydroxyl groups is 1. The van der Waals surface area contributed by atoms with Crippen molar-refractivity contribution in [2.24, 2.45) is 16.6 Å². The van der Waals surface area contributed by atoms with Crippen LogP contribution >= 0.6 is 0 Å². The molecule has 3 aliphatic heterocycles. The number of nitrogens with two attached hydrogens (primary N) is 1. The van der Waals surface area contributed by atoms with Gasteiger partial charge in [0.2, 0.25) is 11.8 Å². The monoisotopic (exact) mass is 517 g/mol. The highest BCUT2D eigenvalue weighted by Gasteiger charge is 2.57. The second-order valence-electron chi connectivity index (χ2n) is 10.6. The molecule has 206 valence electrons. The number of allylic oxidation sites excluding steroid dienone is 2. The maximum Gasteiger partial charge on any atom is 0.244 e. The molecule has 0 saturated carbocycles. The van der Waals surface area contributed by atoms with Gasteiger partial charge in [-0.15, -0.1) is 0 Å². The number of hydrogen-bond donors (Lipinski definition) is 3. The van der Waals surface area contributed by atoms with Crippen molar-refractivity contribution in [3.8, 4) is 0 Å². The average Bonchev–Trinajstić information content (AvgIpc) is 3.60. The van der Waals surface area contributed by atoms with Crippen molar-refractivity contribution in [2.75, 3.05) is 6.61 Å². The maximum absolute atomic E-state index is 12.3. The van der Waals surface area contributed by atoms with Crippen molar-refractivity contribution in [1.29, 1.82) is 0 Å². The van der Waals surface area contributed by atoms with Gasteiger partial charge in [0.1, 0.15) is 23.6 Å². The molecule has 3 heterocycles. The van der Waals surface area contributed by atoms with E-state index in [9.17, 15) is 14.7 Å². The van der Waals surface area contributed by atoms with E-state index in [1.165, 1.54) is 13.0 Å². The third-order valence-electron chi connectivity index (χ3n) is 7.41. The Morgan fingerprint density at radius 2 is 1.95 bits per heavy atom. The summed E-state index contributed by atoms with van der Waals surface area (Å²) in [4.78, 5) is 26.9. The Labute approximate surface area is 220 Å². The van der Waals surface area contributed by atoms with Gasteiger partial charge < -0.3 is 30.4 Å². The molecule has 0 bridgehead atoms. The van der Waals surface area contributed by atoms with E-state index in [4.69, 9.17) is 19.9 Å². The summed E-state index contributed by atoms with van der Waals surface area (Å²) in [6.07, 6.45) is 11.6. The number of carbonyl (C=O) groups excluding carboxylic acids is 2. The minimum Gasteiger partial charge on any atom is -0.387 e. The van der Waals surface area contributed by atoms with Gasteiger partial charge in [0.15, 0.2) is 0 Å². The predicted octanol–water partition coefficient (Wildman–Crippen LogP) is 2.72. The van der Waals surface area contributed by atoms with Crippen LogP contribution in [-0.4, -0.2) is 71.5 Å². The fourth-order valence-corrected chi connectivity index (χ4v) is 5.02. The van der Waals surface area contributed by atoms with Crippen LogP contribution in [0.2, 0.25) is 0 Å². The molecule has 0 aromatic rings. The highest BCUT2D eigenvalue weighted by molar-refractivity contribution is 5.94. The minimum absolute atomic E-state index is 0.0498. The Balaban J connectivity index is 1.47. The van der Waals surface area contributed by atoms with E-state index in [-0.39, 0.29) is 60.4 Å². The number of amidine groups is 1. The maximum atomic E-state index is 12.3. The SMILES string of the molecule is CC[C@@H]1CC2(CO2)[C@H](O)C(/C=C/C(C)=C/CC2OC(C)C(NC(=O)/C=C\CC(N)=NC(C)=O)CC2C)O1. The molecule has 0 radical (unpaired) electrons. The number of hydrogen-bond acceptors (Lipinski definition) is 6. The van der Waals surface area contributed by atoms with Gasteiger partial charge >= 0.3 is 0 Å². The van der Waals surface area contributed by atoms with Gasteiger partial charge in [0.25, 0.3) is 0 Å². The number of aliphatic hydroxyl groups excluding tert-OH is 1. The summed E-state index contributed by atoms with van der Waals surface area (Å²) in [5, 5.41) is 13.7. The fraction of sp³-hybridized carbons (Fsp3) is 0.679. The topological polar surface area (TPSA) is 136 Å². The standard InChI is InChI=1S/C28H43N3O6/c1-6-21-15-28(16-35-28)27(34)24(37-21)13-11-17(2)10-12-23-18(3)14-22(19(4)36-23)31-26(33)9-7-8-25(29)30-20(5)32/h7,9-11,13,18-19,21-24,27,34H,6,8,12,14-16H2,1-5H3,(H,31,33)(H2,29,30,32)/b9-7-,13-11+,17-10+/t18?,19?,21-,22?,23?,24?,27-,28?/m1/s1. The van der Waals surface area contributed by atoms with Crippen LogP contribution < -0.4 is 11.1 Å². The number of nitrogens with one attached hydrogen (secondary N) is 1. The van der Waals surface area contributed by atoms with Gasteiger partial charge in [0.05, 0.1) is 31.0 Å². The van der Waals surface area contributed by atoms with Gasteiger partial charge in [0, 0.05) is 19.8 Å². The summed E-state index contributed by atoms with van der Waals surface area (Å²) in [6.45, 7) is 10.2. The molecule has 0 aliphatic carbocycles. The summed E-state index contributed by atoms with van der Waals surface area (Å²) >= 11 is 0. The van der Waals surface area contributed by atoms with Crippen LogP contribution in [0.5, 0.6) is 0 Å². The van der Waals surface area contributed by atoms with Crippen LogP contribution in [0.4, 0.5) is 0 Å². The largest absolute Gasteiger partial charge is 0.387 e. The average molecular weight is 518 g/mol. The molecule has 6 unspecified atom stereocenters. The smallest absolute Gasteiger partial charge is 0.244 e. The Kier molecular flexibility index (Phi) is 10.2. The van der Waals surface area contributed by atoms with Crippen molar-refractivity contribution in [1.82, 2.24) is 5.32 Å². The molecule has 0 aromatic carbocycles. The second-order valence-corrected chi connectivity index (χ2v) is 10.6. The number of amides is 2. The van der Waals surface area contributed by atoms with Gasteiger partial charge in [-0.2, -0.15) is 0 Å². The third-order valence-corrected chi connectivity index (χ3v) is 7.41. The molecule has 2 amide bonds. The number of ether oxygens (including phenoxy) is 3. The molecule has 3 rings (SSSR count). The molecule has 1 spiro atoms. The Bertz CT molecular complexity index is 938. The predicted molar refractivity (Wildman–Crippen MR) is 142 cm³/mol. The Morgan fingerprint density at radius 1 is 1.22 bits per heavy atom. The lowest BCUT2D eigenvalue weighted by Crippen LogP contribution is -2.50. The molecule has 8 atom stereocenters. The summed E-state index contributed by atoms with van der Waals surface area (Å²) in [5.74, 6) is -0.151. The molecule has 3 aliphatic rings. The zero-order chi connectivity index (χ0) is 27.2. The van der Waals surface area contributed by atoms with Gasteiger partial charge in [-0.25, -0.2) is 4.99 Å². The van der Waals surface area contributed by atoms with Crippen LogP contribution in [0.25, 0.3) is 0 Å². The highest BCUT2D eigenvalue weighted by Crippen LogP contribution is 2.43. The lowest BCUT2D eigenvalue weighted by Gasteiger charge is -2.39. The van der Waals surface area contributed by atoms with E-state index in [0.717, 1.165) is 31.3 Å². The number of nitrogens with zero attached hydrogens (tertiary/aromatic N) is 1. The number of aliphatic imine (C=N–C) groups is 1. The number of epoxide rings is 1. The third kappa shape index (κ3) is 8.33. The van der Waals surface area contributed by atoms with Crippen LogP contribution in [0.15, 0.2) is 40.9 Å². The summed E-state index contributed by atoms with van der Waals surface area (Å²) < 4.78 is 17.9. The Morgan fingerprint density at radius 3 is 2.59 bits per heavy atom. The second kappa shape index (κ2) is 13.0. The molecule has 37 heavy (non-hydrogen) atoms. The summed E-state index contributed by atoms with van der Waals surface area (Å²) in [7, 11) is 0. The molecule has 4 N–H and O–H groups in total. The van der Waals surface area contributed by atoms with E-state index in [0.29, 0.717) is 6.61 Å². The van der Waals surface area contributed by atoms with E-state index < -0.39 is 11.7 Å². The molecule has 3 fully saturated rings. The van der Waals surface area contributed by atoms with E-state index in [1.54, 1.807) is 6.08 Å². The van der Waals surface area contributed by atoms with Crippen LogP contribution in [-0.2, 0) is 23.8 Å².